The van der Waals surface area contributed by atoms with Crippen molar-refractivity contribution < 1.29 is 19.5 Å². The fraction of sp³-hybridized carbons (Fsp3) is 0.200. The highest BCUT2D eigenvalue weighted by molar-refractivity contribution is 5.97. The first-order valence-corrected chi connectivity index (χ1v) is 10.8. The number of carboxylic acid groups (broad SMARTS) is 1. The lowest BCUT2D eigenvalue weighted by atomic mass is 9.86. The molecule has 0 spiro atoms. The van der Waals surface area contributed by atoms with Crippen molar-refractivity contribution in [2.24, 2.45) is 12.8 Å². The molecule has 1 aliphatic rings. The highest BCUT2D eigenvalue weighted by Crippen LogP contribution is 2.44. The van der Waals surface area contributed by atoms with Gasteiger partial charge in [0, 0.05) is 31.4 Å². The molecule has 10 nitrogen and oxygen atoms in total. The zero-order valence-corrected chi connectivity index (χ0v) is 19.5. The molecule has 0 fully saturated rings. The third-order valence-corrected chi connectivity index (χ3v) is 6.25. The van der Waals surface area contributed by atoms with Gasteiger partial charge in [-0.25, -0.2) is 9.59 Å². The molecule has 1 aromatic heterocycles. The van der Waals surface area contributed by atoms with Crippen LogP contribution in [0.1, 0.15) is 38.7 Å². The molecule has 2 aromatic carbocycles. The minimum Gasteiger partial charge on any atom is -0.465 e. The molecule has 180 valence electrons. The molecule has 0 radical (unpaired) electrons. The summed E-state index contributed by atoms with van der Waals surface area (Å²) in [5, 5.41) is 14.9. The van der Waals surface area contributed by atoms with Gasteiger partial charge in [-0.1, -0.05) is 30.3 Å². The maximum atomic E-state index is 12.7. The second-order valence-electron chi connectivity index (χ2n) is 8.34. The molecular weight excluding hydrogens is 450 g/mol. The lowest BCUT2D eigenvalue weighted by Crippen LogP contribution is -2.30. The average Bonchev–Trinajstić information content (AvgIpc) is 3.21. The van der Waals surface area contributed by atoms with Crippen molar-refractivity contribution in [2.45, 2.75) is 19.5 Å². The molecule has 1 atom stereocenters. The predicted molar refractivity (Wildman–Crippen MR) is 130 cm³/mol. The van der Waals surface area contributed by atoms with Crippen molar-refractivity contribution in [3.63, 3.8) is 0 Å². The number of anilines is 1. The van der Waals surface area contributed by atoms with E-state index in [-0.39, 0.29) is 17.8 Å². The molecule has 5 N–H and O–H groups in total. The van der Waals surface area contributed by atoms with Crippen molar-refractivity contribution in [2.75, 3.05) is 12.4 Å². The number of benzene rings is 2. The Kier molecular flexibility index (Phi) is 6.04. The number of nitrogens with one attached hydrogen (secondary N) is 2. The third kappa shape index (κ3) is 4.10. The number of urea groups is 1. The van der Waals surface area contributed by atoms with Gasteiger partial charge in [0.2, 0.25) is 5.91 Å². The number of hydrogen-bond acceptors (Lipinski definition) is 4. The molecule has 0 aliphatic carbocycles. The van der Waals surface area contributed by atoms with E-state index in [1.807, 2.05) is 24.3 Å². The molecular formula is C25H25N5O5. The maximum Gasteiger partial charge on any atom is 0.408 e. The summed E-state index contributed by atoms with van der Waals surface area (Å²) in [4.78, 5) is 50.3. The zero-order chi connectivity index (χ0) is 25.4. The molecule has 4 rings (SSSR count). The van der Waals surface area contributed by atoms with Gasteiger partial charge in [0.05, 0.1) is 12.6 Å². The van der Waals surface area contributed by atoms with Crippen molar-refractivity contribution in [3.8, 4) is 11.1 Å². The summed E-state index contributed by atoms with van der Waals surface area (Å²) in [6, 6.07) is 11.0. The SMILES string of the molecule is CNC(=O)Nc1cc(-c2c(C3c4ccccc4CN3C(=O)O)ccc(C(N)=O)c2C)cn(C)c1=O. The van der Waals surface area contributed by atoms with Gasteiger partial charge < -0.3 is 26.0 Å². The molecule has 0 saturated heterocycles. The minimum atomic E-state index is -1.09. The third-order valence-electron chi connectivity index (χ3n) is 6.25. The number of nitrogens with two attached hydrogens (primary N) is 1. The number of rotatable bonds is 4. The van der Waals surface area contributed by atoms with Gasteiger partial charge in [0.1, 0.15) is 5.69 Å². The van der Waals surface area contributed by atoms with Crippen LogP contribution in [0.4, 0.5) is 15.3 Å². The molecule has 0 bridgehead atoms. The van der Waals surface area contributed by atoms with Crippen molar-refractivity contribution in [3.05, 3.63) is 86.8 Å². The van der Waals surface area contributed by atoms with Gasteiger partial charge in [-0.05, 0) is 46.9 Å². The van der Waals surface area contributed by atoms with E-state index < -0.39 is 29.6 Å². The highest BCUT2D eigenvalue weighted by atomic mass is 16.4. The number of primary amides is 1. The summed E-state index contributed by atoms with van der Waals surface area (Å²) in [5.41, 5.74) is 9.44. The summed E-state index contributed by atoms with van der Waals surface area (Å²) in [6.07, 6.45) is 0.496. The summed E-state index contributed by atoms with van der Waals surface area (Å²) in [7, 11) is 2.97. The molecule has 1 aliphatic heterocycles. The second-order valence-corrected chi connectivity index (χ2v) is 8.34. The Labute approximate surface area is 201 Å². The monoisotopic (exact) mass is 475 g/mol. The number of amides is 4. The van der Waals surface area contributed by atoms with Crippen LogP contribution >= 0.6 is 0 Å². The predicted octanol–water partition coefficient (Wildman–Crippen LogP) is 2.79. The molecule has 3 aromatic rings. The number of fused-ring (bicyclic) bond motifs is 1. The Bertz CT molecular complexity index is 1430. The van der Waals surface area contributed by atoms with Crippen molar-refractivity contribution >= 4 is 23.7 Å². The molecule has 10 heteroatoms. The minimum absolute atomic E-state index is 0.0288. The van der Waals surface area contributed by atoms with Gasteiger partial charge in [0.25, 0.3) is 5.56 Å². The first-order chi connectivity index (χ1) is 16.6. The number of carbonyl (C=O) groups is 3. The summed E-state index contributed by atoms with van der Waals surface area (Å²) in [5.74, 6) is -0.634. The number of carbonyl (C=O) groups excluding carboxylic acids is 2. The number of hydrogen-bond donors (Lipinski definition) is 4. The molecule has 35 heavy (non-hydrogen) atoms. The van der Waals surface area contributed by atoms with Crippen LogP contribution in [-0.2, 0) is 13.6 Å². The van der Waals surface area contributed by atoms with Crippen LogP contribution in [0.25, 0.3) is 11.1 Å². The van der Waals surface area contributed by atoms with E-state index in [9.17, 15) is 24.3 Å². The number of pyridine rings is 1. The molecule has 1 unspecified atom stereocenters. The van der Waals surface area contributed by atoms with Crippen molar-refractivity contribution in [1.82, 2.24) is 14.8 Å². The Morgan fingerprint density at radius 3 is 2.49 bits per heavy atom. The van der Waals surface area contributed by atoms with Gasteiger partial charge >= 0.3 is 12.1 Å². The fourth-order valence-electron chi connectivity index (χ4n) is 4.63. The smallest absolute Gasteiger partial charge is 0.408 e. The quantitative estimate of drug-likeness (QED) is 0.458. The standard InChI is InChI=1S/C25H25N5O5/c1-13-16(22(26)31)8-9-18(21-17-7-5-4-6-14(17)12-30(21)25(34)35)20(13)15-10-19(28-24(33)27-2)23(32)29(3)11-15/h4-11,21H,12H2,1-3H3,(H2,26,31)(H,34,35)(H2,27,28,33). The van der Waals surface area contributed by atoms with E-state index in [2.05, 4.69) is 10.6 Å². The summed E-state index contributed by atoms with van der Waals surface area (Å²) in [6.45, 7) is 1.94. The molecule has 4 amide bonds. The van der Waals surface area contributed by atoms with Gasteiger partial charge in [-0.3, -0.25) is 14.5 Å². The van der Waals surface area contributed by atoms with E-state index in [0.29, 0.717) is 22.3 Å². The summed E-state index contributed by atoms with van der Waals surface area (Å²) >= 11 is 0. The zero-order valence-electron chi connectivity index (χ0n) is 19.5. The largest absolute Gasteiger partial charge is 0.465 e. The van der Waals surface area contributed by atoms with Crippen LogP contribution in [0, 0.1) is 6.92 Å². The topological polar surface area (TPSA) is 147 Å². The van der Waals surface area contributed by atoms with Crippen LogP contribution in [0.2, 0.25) is 0 Å². The molecule has 0 saturated carbocycles. The first kappa shape index (κ1) is 23.6. The Morgan fingerprint density at radius 2 is 1.83 bits per heavy atom. The Morgan fingerprint density at radius 1 is 1.11 bits per heavy atom. The van der Waals surface area contributed by atoms with Gasteiger partial charge in [-0.15, -0.1) is 0 Å². The average molecular weight is 476 g/mol. The number of aryl methyl sites for hydroxylation is 1. The van der Waals surface area contributed by atoms with E-state index in [4.69, 9.17) is 5.73 Å². The van der Waals surface area contributed by atoms with E-state index in [1.165, 1.54) is 22.6 Å². The van der Waals surface area contributed by atoms with E-state index in [0.717, 1.165) is 11.1 Å². The van der Waals surface area contributed by atoms with Crippen LogP contribution in [0.3, 0.4) is 0 Å². The van der Waals surface area contributed by atoms with E-state index in [1.54, 1.807) is 32.3 Å². The van der Waals surface area contributed by atoms with Crippen LogP contribution in [-0.4, -0.2) is 39.7 Å². The Hall–Kier alpha value is -4.60. The fourth-order valence-corrected chi connectivity index (χ4v) is 4.63. The highest BCUT2D eigenvalue weighted by Gasteiger charge is 2.36. The van der Waals surface area contributed by atoms with Crippen LogP contribution in [0.5, 0.6) is 0 Å². The van der Waals surface area contributed by atoms with E-state index >= 15 is 0 Å². The maximum absolute atomic E-state index is 12.7. The van der Waals surface area contributed by atoms with Gasteiger partial charge in [0.15, 0.2) is 0 Å². The summed E-state index contributed by atoms with van der Waals surface area (Å²) < 4.78 is 1.32. The first-order valence-electron chi connectivity index (χ1n) is 10.8. The lowest BCUT2D eigenvalue weighted by molar-refractivity contribution is 0.0999. The van der Waals surface area contributed by atoms with Crippen LogP contribution < -0.4 is 21.9 Å². The Balaban J connectivity index is 2.02. The number of aromatic nitrogens is 1. The lowest BCUT2D eigenvalue weighted by Gasteiger charge is -2.27. The van der Waals surface area contributed by atoms with Crippen LogP contribution in [0.15, 0.2) is 53.5 Å². The normalized spacial score (nSPS) is 14.4. The van der Waals surface area contributed by atoms with Gasteiger partial charge in [-0.2, -0.15) is 0 Å². The van der Waals surface area contributed by atoms with Crippen molar-refractivity contribution in [1.29, 1.82) is 0 Å². The number of nitrogens with zero attached hydrogens (tertiary/aromatic N) is 2. The molecule has 2 heterocycles. The second kappa shape index (κ2) is 8.98.